The number of aryl methyl sites for hydroxylation is 1. The molecule has 0 saturated heterocycles. The summed E-state index contributed by atoms with van der Waals surface area (Å²) < 4.78 is 5.83. The zero-order valence-corrected chi connectivity index (χ0v) is 11.7. The lowest BCUT2D eigenvalue weighted by molar-refractivity contribution is 0.104. The van der Waals surface area contributed by atoms with E-state index in [-0.39, 0.29) is 5.54 Å². The van der Waals surface area contributed by atoms with Crippen molar-refractivity contribution in [3.63, 3.8) is 0 Å². The maximum absolute atomic E-state index is 5.90. The molecular formula is C13H21ClN2O. The van der Waals surface area contributed by atoms with E-state index >= 15 is 0 Å². The fourth-order valence-electron chi connectivity index (χ4n) is 1.38. The van der Waals surface area contributed by atoms with E-state index in [4.69, 9.17) is 22.1 Å². The van der Waals surface area contributed by atoms with Crippen molar-refractivity contribution < 1.29 is 4.74 Å². The molecule has 0 aliphatic heterocycles. The fourth-order valence-corrected chi connectivity index (χ4v) is 1.61. The molecule has 0 aliphatic carbocycles. The summed E-state index contributed by atoms with van der Waals surface area (Å²) in [6.07, 6.45) is 0. The van der Waals surface area contributed by atoms with Crippen molar-refractivity contribution in [3.8, 4) is 5.75 Å². The van der Waals surface area contributed by atoms with Gasteiger partial charge in [0.25, 0.3) is 0 Å². The largest absolute Gasteiger partial charge is 0.491 e. The number of nitrogens with two attached hydrogens (primary N) is 1. The molecule has 1 unspecified atom stereocenters. The number of benzene rings is 1. The van der Waals surface area contributed by atoms with Crippen LogP contribution in [0.1, 0.15) is 12.5 Å². The molecule has 1 aromatic carbocycles. The normalized spacial score (nSPS) is 14.8. The Hall–Kier alpha value is -0.770. The zero-order chi connectivity index (χ0) is 13.1. The van der Waals surface area contributed by atoms with E-state index < -0.39 is 0 Å². The van der Waals surface area contributed by atoms with Crippen LogP contribution in [0.3, 0.4) is 0 Å². The van der Waals surface area contributed by atoms with Crippen LogP contribution in [0.4, 0.5) is 0 Å². The minimum atomic E-state index is -0.161. The van der Waals surface area contributed by atoms with E-state index in [0.29, 0.717) is 13.2 Å². The van der Waals surface area contributed by atoms with E-state index in [0.717, 1.165) is 16.3 Å². The standard InChI is InChI=1S/C13H21ClN2O/c1-10-7-11(14)5-6-12(10)17-9-13(2,8-15)16(3)4/h5-7H,8-9,15H2,1-4H3. The molecule has 2 N–H and O–H groups in total. The molecule has 17 heavy (non-hydrogen) atoms. The molecular weight excluding hydrogens is 236 g/mol. The Morgan fingerprint density at radius 1 is 1.41 bits per heavy atom. The van der Waals surface area contributed by atoms with Gasteiger partial charge in [0.15, 0.2) is 0 Å². The molecule has 0 saturated carbocycles. The average Bonchev–Trinajstić information content (AvgIpc) is 2.27. The first kappa shape index (κ1) is 14.3. The van der Waals surface area contributed by atoms with E-state index in [1.54, 1.807) is 0 Å². The molecule has 96 valence electrons. The van der Waals surface area contributed by atoms with Gasteiger partial charge in [-0.25, -0.2) is 0 Å². The third-order valence-corrected chi connectivity index (χ3v) is 3.43. The van der Waals surface area contributed by atoms with Crippen LogP contribution in [0.25, 0.3) is 0 Å². The summed E-state index contributed by atoms with van der Waals surface area (Å²) in [5.74, 6) is 0.857. The summed E-state index contributed by atoms with van der Waals surface area (Å²) in [7, 11) is 4.01. The second-order valence-corrected chi connectivity index (χ2v) is 5.23. The Kier molecular flexibility index (Phi) is 4.80. The van der Waals surface area contributed by atoms with Crippen molar-refractivity contribution in [2.45, 2.75) is 19.4 Å². The van der Waals surface area contributed by atoms with E-state index in [9.17, 15) is 0 Å². The lowest BCUT2D eigenvalue weighted by Crippen LogP contribution is -2.52. The van der Waals surface area contributed by atoms with Gasteiger partial charge in [0.2, 0.25) is 0 Å². The van der Waals surface area contributed by atoms with Gasteiger partial charge in [0, 0.05) is 11.6 Å². The molecule has 0 bridgehead atoms. The molecule has 0 aliphatic rings. The van der Waals surface area contributed by atoms with Crippen LogP contribution in [-0.2, 0) is 0 Å². The minimum Gasteiger partial charge on any atom is -0.491 e. The minimum absolute atomic E-state index is 0.161. The van der Waals surface area contributed by atoms with E-state index in [1.807, 2.05) is 39.2 Å². The van der Waals surface area contributed by atoms with Gasteiger partial charge in [-0.2, -0.15) is 0 Å². The second-order valence-electron chi connectivity index (χ2n) is 4.79. The fraction of sp³-hybridized carbons (Fsp3) is 0.538. The summed E-state index contributed by atoms with van der Waals surface area (Å²) in [5.41, 5.74) is 6.67. The molecule has 0 fully saturated rings. The third kappa shape index (κ3) is 3.60. The number of nitrogens with zero attached hydrogens (tertiary/aromatic N) is 1. The summed E-state index contributed by atoms with van der Waals surface area (Å²) >= 11 is 5.90. The molecule has 1 aromatic rings. The van der Waals surface area contributed by atoms with Crippen LogP contribution < -0.4 is 10.5 Å². The Bertz CT molecular complexity index is 382. The predicted molar refractivity (Wildman–Crippen MR) is 72.8 cm³/mol. The highest BCUT2D eigenvalue weighted by molar-refractivity contribution is 6.30. The summed E-state index contributed by atoms with van der Waals surface area (Å²) in [6.45, 7) is 5.17. The first-order valence-corrected chi connectivity index (χ1v) is 6.03. The van der Waals surface area contributed by atoms with Gasteiger partial charge in [0.1, 0.15) is 12.4 Å². The summed E-state index contributed by atoms with van der Waals surface area (Å²) in [5, 5.41) is 0.726. The Morgan fingerprint density at radius 2 is 2.06 bits per heavy atom. The Labute approximate surface area is 109 Å². The van der Waals surface area contributed by atoms with Gasteiger partial charge in [-0.3, -0.25) is 4.90 Å². The van der Waals surface area contributed by atoms with Crippen molar-refractivity contribution in [1.29, 1.82) is 0 Å². The van der Waals surface area contributed by atoms with Gasteiger partial charge in [0.05, 0.1) is 5.54 Å². The zero-order valence-electron chi connectivity index (χ0n) is 11.0. The van der Waals surface area contributed by atoms with Gasteiger partial charge in [-0.05, 0) is 51.7 Å². The van der Waals surface area contributed by atoms with Gasteiger partial charge >= 0.3 is 0 Å². The monoisotopic (exact) mass is 256 g/mol. The molecule has 3 nitrogen and oxygen atoms in total. The third-order valence-electron chi connectivity index (χ3n) is 3.20. The Balaban J connectivity index is 2.73. The lowest BCUT2D eigenvalue weighted by Gasteiger charge is -2.35. The van der Waals surface area contributed by atoms with Gasteiger partial charge in [-0.15, -0.1) is 0 Å². The molecule has 1 atom stereocenters. The second kappa shape index (κ2) is 5.71. The average molecular weight is 257 g/mol. The van der Waals surface area contributed by atoms with Crippen LogP contribution >= 0.6 is 11.6 Å². The number of hydrogen-bond acceptors (Lipinski definition) is 3. The van der Waals surface area contributed by atoms with Crippen LogP contribution in [0.2, 0.25) is 5.02 Å². The van der Waals surface area contributed by atoms with Crippen LogP contribution in [0.15, 0.2) is 18.2 Å². The SMILES string of the molecule is Cc1cc(Cl)ccc1OCC(C)(CN)N(C)C. The molecule has 0 amide bonds. The van der Waals surface area contributed by atoms with Crippen LogP contribution in [-0.4, -0.2) is 37.7 Å². The van der Waals surface area contributed by atoms with Crippen molar-refractivity contribution in [2.24, 2.45) is 5.73 Å². The molecule has 0 spiro atoms. The highest BCUT2D eigenvalue weighted by Gasteiger charge is 2.26. The van der Waals surface area contributed by atoms with Crippen molar-refractivity contribution in [3.05, 3.63) is 28.8 Å². The number of halogens is 1. The molecule has 1 rings (SSSR count). The molecule has 0 heterocycles. The highest BCUT2D eigenvalue weighted by Crippen LogP contribution is 2.23. The van der Waals surface area contributed by atoms with Crippen molar-refractivity contribution in [1.82, 2.24) is 4.90 Å². The van der Waals surface area contributed by atoms with Crippen LogP contribution in [0.5, 0.6) is 5.75 Å². The summed E-state index contributed by atoms with van der Waals surface area (Å²) in [4.78, 5) is 2.08. The number of ether oxygens (including phenoxy) is 1. The topological polar surface area (TPSA) is 38.5 Å². The summed E-state index contributed by atoms with van der Waals surface area (Å²) in [6, 6.07) is 5.62. The quantitative estimate of drug-likeness (QED) is 0.879. The predicted octanol–water partition coefficient (Wildman–Crippen LogP) is 2.31. The molecule has 4 heteroatoms. The number of likely N-dealkylation sites (N-methyl/N-ethyl adjacent to an activating group) is 1. The Morgan fingerprint density at radius 3 is 2.53 bits per heavy atom. The highest BCUT2D eigenvalue weighted by atomic mass is 35.5. The number of rotatable bonds is 5. The van der Waals surface area contributed by atoms with E-state index in [2.05, 4.69) is 11.8 Å². The van der Waals surface area contributed by atoms with Crippen LogP contribution in [0, 0.1) is 6.92 Å². The number of hydrogen-bond donors (Lipinski definition) is 1. The first-order chi connectivity index (χ1) is 7.89. The van der Waals surface area contributed by atoms with Gasteiger partial charge in [-0.1, -0.05) is 11.6 Å². The van der Waals surface area contributed by atoms with E-state index in [1.165, 1.54) is 0 Å². The maximum Gasteiger partial charge on any atom is 0.122 e. The first-order valence-electron chi connectivity index (χ1n) is 5.65. The lowest BCUT2D eigenvalue weighted by atomic mass is 10.0. The molecule has 0 radical (unpaired) electrons. The smallest absolute Gasteiger partial charge is 0.122 e. The maximum atomic E-state index is 5.90. The van der Waals surface area contributed by atoms with Gasteiger partial charge < -0.3 is 10.5 Å². The van der Waals surface area contributed by atoms with Crippen molar-refractivity contribution in [2.75, 3.05) is 27.2 Å². The van der Waals surface area contributed by atoms with Crippen molar-refractivity contribution >= 4 is 11.6 Å². The molecule has 0 aromatic heterocycles.